The van der Waals surface area contributed by atoms with E-state index in [9.17, 15) is 0 Å². The minimum atomic E-state index is 0.603. The molecule has 0 aliphatic carbocycles. The van der Waals surface area contributed by atoms with Gasteiger partial charge < -0.3 is 5.73 Å². The van der Waals surface area contributed by atoms with E-state index >= 15 is 0 Å². The van der Waals surface area contributed by atoms with Crippen LogP contribution in [0, 0.1) is 0 Å². The third-order valence-electron chi connectivity index (χ3n) is 1.13. The molecule has 0 fully saturated rings. The molecule has 0 saturated heterocycles. The highest BCUT2D eigenvalue weighted by Gasteiger charge is 2.00. The molecule has 0 bridgehead atoms. The minimum Gasteiger partial charge on any atom is -0.357 e. The van der Waals surface area contributed by atoms with Crippen molar-refractivity contribution in [1.29, 1.82) is 0 Å². The molecule has 0 spiro atoms. The number of hydrogen-bond acceptors (Lipinski definition) is 1. The Morgan fingerprint density at radius 1 is 1.33 bits per heavy atom. The fraction of sp³-hybridized carbons (Fsp3) is 0.750. The van der Waals surface area contributed by atoms with Crippen molar-refractivity contribution in [3.05, 3.63) is 0 Å². The van der Waals surface area contributed by atoms with Crippen LogP contribution in [-0.2, 0) is 0 Å². The Kier molecular flexibility index (Phi) is 10.0. The average Bonchev–Trinajstić information content (AvgIpc) is 2.07. The van der Waals surface area contributed by atoms with Crippen LogP contribution in [0.5, 0.6) is 0 Å². The van der Waals surface area contributed by atoms with E-state index in [-0.39, 0.29) is 0 Å². The standard InChI is InChI=1S/C6H13N3S.C2H6/c1-5(9(2)3)8-6(7)10-4;1-2/h7H,1-4H3;1-2H3/p+1. The molecule has 12 heavy (non-hydrogen) atoms. The molecule has 72 valence electrons. The third kappa shape index (κ3) is 7.60. The minimum absolute atomic E-state index is 0.603. The summed E-state index contributed by atoms with van der Waals surface area (Å²) in [5.74, 6) is 0.923. The Bertz CT molecular complexity index is 169. The number of rotatable bonds is 0. The van der Waals surface area contributed by atoms with E-state index in [1.807, 2.05) is 45.7 Å². The monoisotopic (exact) mass is 190 g/mol. The molecule has 2 N–H and O–H groups in total. The zero-order valence-electron chi connectivity index (χ0n) is 8.88. The Balaban J connectivity index is 0. The van der Waals surface area contributed by atoms with Crippen LogP contribution in [0.2, 0.25) is 0 Å². The van der Waals surface area contributed by atoms with Gasteiger partial charge in [-0.2, -0.15) is 0 Å². The third-order valence-corrected chi connectivity index (χ3v) is 1.64. The second-order valence-electron chi connectivity index (χ2n) is 2.10. The van der Waals surface area contributed by atoms with Crippen LogP contribution in [0.1, 0.15) is 20.8 Å². The fourth-order valence-corrected chi connectivity index (χ4v) is 0.529. The fourth-order valence-electron chi connectivity index (χ4n) is 0.305. The van der Waals surface area contributed by atoms with Crippen molar-refractivity contribution in [2.45, 2.75) is 20.8 Å². The molecule has 0 heterocycles. The molecule has 0 aromatic rings. The van der Waals surface area contributed by atoms with E-state index in [2.05, 4.69) is 4.99 Å². The molecule has 0 aliphatic rings. The highest BCUT2D eigenvalue weighted by molar-refractivity contribution is 8.13. The predicted octanol–water partition coefficient (Wildman–Crippen LogP) is 1.38. The lowest BCUT2D eigenvalue weighted by molar-refractivity contribution is -0.465. The molecule has 0 radical (unpaired) electrons. The van der Waals surface area contributed by atoms with Gasteiger partial charge in [0.15, 0.2) is 0 Å². The summed E-state index contributed by atoms with van der Waals surface area (Å²) in [4.78, 5) is 4.09. The molecule has 0 aliphatic heterocycles. The van der Waals surface area contributed by atoms with Crippen molar-refractivity contribution in [2.75, 3.05) is 20.4 Å². The molecule has 3 nitrogen and oxygen atoms in total. The molecule has 0 aromatic heterocycles. The largest absolute Gasteiger partial charge is 0.357 e. The first-order valence-corrected chi connectivity index (χ1v) is 5.19. The van der Waals surface area contributed by atoms with Crippen LogP contribution in [0.3, 0.4) is 0 Å². The van der Waals surface area contributed by atoms with Gasteiger partial charge in [0.2, 0.25) is 0 Å². The summed E-state index contributed by atoms with van der Waals surface area (Å²) in [5.41, 5.74) is 5.48. The first-order chi connectivity index (χ1) is 5.57. The van der Waals surface area contributed by atoms with Crippen LogP contribution in [0.4, 0.5) is 0 Å². The maximum absolute atomic E-state index is 5.48. The van der Waals surface area contributed by atoms with Crippen LogP contribution in [0.15, 0.2) is 4.99 Å². The molecule has 0 atom stereocenters. The average molecular weight is 190 g/mol. The van der Waals surface area contributed by atoms with Crippen LogP contribution in [-0.4, -0.2) is 35.9 Å². The molecule has 0 amide bonds. The number of nitrogens with two attached hydrogens (primary N) is 1. The molecule has 0 aromatic carbocycles. The predicted molar refractivity (Wildman–Crippen MR) is 59.3 cm³/mol. The van der Waals surface area contributed by atoms with E-state index < -0.39 is 0 Å². The normalized spacial score (nSPS) is 10.0. The Morgan fingerprint density at radius 2 is 1.75 bits per heavy atom. The van der Waals surface area contributed by atoms with Crippen molar-refractivity contribution < 1.29 is 4.58 Å². The smallest absolute Gasteiger partial charge is 0.293 e. The summed E-state index contributed by atoms with van der Waals surface area (Å²) in [6.07, 6.45) is 1.90. The van der Waals surface area contributed by atoms with Crippen LogP contribution >= 0.6 is 11.8 Å². The van der Waals surface area contributed by atoms with Gasteiger partial charge in [0.1, 0.15) is 0 Å². The second kappa shape index (κ2) is 8.59. The first kappa shape index (κ1) is 14.0. The van der Waals surface area contributed by atoms with Crippen molar-refractivity contribution in [2.24, 2.45) is 10.7 Å². The van der Waals surface area contributed by atoms with E-state index in [0.29, 0.717) is 5.17 Å². The van der Waals surface area contributed by atoms with Crippen molar-refractivity contribution in [1.82, 2.24) is 0 Å². The van der Waals surface area contributed by atoms with Crippen LogP contribution < -0.4 is 5.73 Å². The maximum atomic E-state index is 5.48. The van der Waals surface area contributed by atoms with Gasteiger partial charge in [0, 0.05) is 6.92 Å². The molecule has 0 saturated carbocycles. The lowest BCUT2D eigenvalue weighted by atomic mass is 10.7. The van der Waals surface area contributed by atoms with Gasteiger partial charge in [0.05, 0.1) is 14.1 Å². The summed E-state index contributed by atoms with van der Waals surface area (Å²) in [6, 6.07) is 0. The molecule has 4 heteroatoms. The summed E-state index contributed by atoms with van der Waals surface area (Å²) in [5, 5.41) is 0.603. The summed E-state index contributed by atoms with van der Waals surface area (Å²) in [6.45, 7) is 5.92. The molecule has 0 unspecified atom stereocenters. The topological polar surface area (TPSA) is 41.4 Å². The summed E-state index contributed by atoms with van der Waals surface area (Å²) < 4.78 is 1.92. The Morgan fingerprint density at radius 3 is 2.00 bits per heavy atom. The number of amidine groups is 2. The van der Waals surface area contributed by atoms with Crippen molar-refractivity contribution in [3.63, 3.8) is 0 Å². The van der Waals surface area contributed by atoms with E-state index in [1.165, 1.54) is 11.8 Å². The van der Waals surface area contributed by atoms with Gasteiger partial charge in [-0.25, -0.2) is 0 Å². The SMILES string of the molecule is CC.CSC(N)=NC(C)=[N+](C)C. The molecule has 0 rings (SSSR count). The number of nitrogens with zero attached hydrogens (tertiary/aromatic N) is 2. The second-order valence-corrected chi connectivity index (χ2v) is 2.92. The highest BCUT2D eigenvalue weighted by atomic mass is 32.2. The quantitative estimate of drug-likeness (QED) is 0.356. The molecular formula is C8H20N3S+. The lowest BCUT2D eigenvalue weighted by Crippen LogP contribution is -2.13. The van der Waals surface area contributed by atoms with Crippen molar-refractivity contribution in [3.8, 4) is 0 Å². The van der Waals surface area contributed by atoms with E-state index in [1.54, 1.807) is 0 Å². The van der Waals surface area contributed by atoms with Gasteiger partial charge >= 0.3 is 0 Å². The van der Waals surface area contributed by atoms with Gasteiger partial charge in [-0.05, 0) is 11.2 Å². The maximum Gasteiger partial charge on any atom is 0.293 e. The number of hydrogen-bond donors (Lipinski definition) is 1. The Labute approximate surface area is 79.8 Å². The van der Waals surface area contributed by atoms with E-state index in [0.717, 1.165) is 5.84 Å². The van der Waals surface area contributed by atoms with Gasteiger partial charge in [-0.1, -0.05) is 25.6 Å². The zero-order chi connectivity index (χ0) is 10.1. The summed E-state index contributed by atoms with van der Waals surface area (Å²) in [7, 11) is 3.87. The van der Waals surface area contributed by atoms with Crippen LogP contribution in [0.25, 0.3) is 0 Å². The van der Waals surface area contributed by atoms with Gasteiger partial charge in [-0.3, -0.25) is 4.58 Å². The van der Waals surface area contributed by atoms with E-state index in [4.69, 9.17) is 5.73 Å². The Hall–Kier alpha value is -0.510. The lowest BCUT2D eigenvalue weighted by Gasteiger charge is -1.89. The van der Waals surface area contributed by atoms with Gasteiger partial charge in [-0.15, -0.1) is 0 Å². The first-order valence-electron chi connectivity index (χ1n) is 3.97. The zero-order valence-corrected chi connectivity index (χ0v) is 9.70. The molecular weight excluding hydrogens is 170 g/mol. The highest BCUT2D eigenvalue weighted by Crippen LogP contribution is 1.91. The number of aliphatic imine (C=N–C) groups is 1. The van der Waals surface area contributed by atoms with Crippen molar-refractivity contribution >= 4 is 22.8 Å². The summed E-state index contributed by atoms with van der Waals surface area (Å²) >= 11 is 1.45. The van der Waals surface area contributed by atoms with Gasteiger partial charge in [0.25, 0.3) is 11.0 Å². The number of thioether (sulfide) groups is 1.